The average Bonchev–Trinajstić information content (AvgIpc) is 3.17. The first kappa shape index (κ1) is 27.2. The van der Waals surface area contributed by atoms with Crippen LogP contribution in [0.25, 0.3) is 11.3 Å². The van der Waals surface area contributed by atoms with Crippen molar-refractivity contribution in [1.29, 1.82) is 0 Å². The Morgan fingerprint density at radius 3 is 2.83 bits per heavy atom. The third kappa shape index (κ3) is 4.94. The molecule has 0 unspecified atom stereocenters. The van der Waals surface area contributed by atoms with E-state index in [2.05, 4.69) is 5.43 Å². The summed E-state index contributed by atoms with van der Waals surface area (Å²) >= 11 is 1.40. The maximum absolute atomic E-state index is 15.2. The molecule has 1 amide bonds. The first-order valence-corrected chi connectivity index (χ1v) is 13.9. The number of carbonyl (C=O) groups is 2. The van der Waals surface area contributed by atoms with Crippen LogP contribution in [0.5, 0.6) is 5.75 Å². The highest BCUT2D eigenvalue weighted by molar-refractivity contribution is 7.98. The van der Waals surface area contributed by atoms with Crippen molar-refractivity contribution in [2.24, 2.45) is 0 Å². The standard InChI is InChI=1S/C28H25F2N3O7S/c1-37-8-9-39-28(36)40-26-21(34)12-20(33-25(26)27(35)32-6-7-38-13-23(32)31-33)17-11-19(29)24(30)18-14-41-22-5-3-2-4-15(22)10-16(17)18/h2-5,11-12,23,31H,6-10,13-14H2,1H3/t23-/m0/s1. The Morgan fingerprint density at radius 2 is 2.00 bits per heavy atom. The monoisotopic (exact) mass is 585 g/mol. The largest absolute Gasteiger partial charge is 0.514 e. The Labute approximate surface area is 237 Å². The van der Waals surface area contributed by atoms with Crippen LogP contribution < -0.4 is 15.6 Å². The SMILES string of the molecule is COCCOC(=O)Oc1c2n(c(-c3cc(F)c(F)c4c3Cc3ccccc3SC4)cc1=O)N[C@@H]1COCCN1C2=O. The van der Waals surface area contributed by atoms with Crippen LogP contribution in [0.1, 0.15) is 27.2 Å². The smallest absolute Gasteiger partial charge is 0.432 e. The second-order valence-electron chi connectivity index (χ2n) is 9.57. The van der Waals surface area contributed by atoms with Gasteiger partial charge in [-0.25, -0.2) is 18.3 Å². The molecule has 4 heterocycles. The van der Waals surface area contributed by atoms with Crippen LogP contribution in [0.3, 0.4) is 0 Å². The van der Waals surface area contributed by atoms with Crippen molar-refractivity contribution in [3.63, 3.8) is 0 Å². The number of morpholine rings is 1. The highest BCUT2D eigenvalue weighted by Crippen LogP contribution is 2.40. The fourth-order valence-corrected chi connectivity index (χ4v) is 6.31. The molecule has 0 bridgehead atoms. The van der Waals surface area contributed by atoms with Crippen molar-refractivity contribution < 1.29 is 37.3 Å². The van der Waals surface area contributed by atoms with Gasteiger partial charge in [0, 0.05) is 41.5 Å². The molecule has 214 valence electrons. The lowest BCUT2D eigenvalue weighted by Gasteiger charge is -2.42. The van der Waals surface area contributed by atoms with E-state index in [9.17, 15) is 14.4 Å². The molecular weight excluding hydrogens is 560 g/mol. The fraction of sp³-hybridized carbons (Fsp3) is 0.321. The average molecular weight is 586 g/mol. The zero-order chi connectivity index (χ0) is 28.7. The normalized spacial score (nSPS) is 17.4. The summed E-state index contributed by atoms with van der Waals surface area (Å²) in [4.78, 5) is 42.0. The van der Waals surface area contributed by atoms with E-state index < -0.39 is 41.0 Å². The molecule has 6 rings (SSSR count). The van der Waals surface area contributed by atoms with Gasteiger partial charge in [-0.1, -0.05) is 18.2 Å². The van der Waals surface area contributed by atoms with Crippen LogP contribution in [0, 0.1) is 11.6 Å². The van der Waals surface area contributed by atoms with Crippen LogP contribution in [-0.2, 0) is 26.4 Å². The zero-order valence-corrected chi connectivity index (χ0v) is 22.7. The van der Waals surface area contributed by atoms with Crippen molar-refractivity contribution in [3.05, 3.63) is 80.6 Å². The highest BCUT2D eigenvalue weighted by Gasteiger charge is 2.40. The van der Waals surface area contributed by atoms with Crippen LogP contribution in [0.15, 0.2) is 46.1 Å². The lowest BCUT2D eigenvalue weighted by molar-refractivity contribution is -0.00312. The van der Waals surface area contributed by atoms with E-state index in [4.69, 9.17) is 18.9 Å². The first-order valence-electron chi connectivity index (χ1n) is 12.9. The number of methoxy groups -OCH3 is 1. The summed E-state index contributed by atoms with van der Waals surface area (Å²) in [6.07, 6.45) is -1.54. The molecular formula is C28H25F2N3O7S. The molecule has 1 N–H and O–H groups in total. The summed E-state index contributed by atoms with van der Waals surface area (Å²) in [7, 11) is 1.43. The molecule has 3 aromatic rings. The molecule has 3 aliphatic rings. The summed E-state index contributed by atoms with van der Waals surface area (Å²) in [5, 5.41) is 0. The number of benzene rings is 2. The van der Waals surface area contributed by atoms with Gasteiger partial charge in [-0.05, 0) is 29.7 Å². The first-order chi connectivity index (χ1) is 19.9. The topological polar surface area (TPSA) is 108 Å². The molecule has 1 aromatic heterocycles. The van der Waals surface area contributed by atoms with Gasteiger partial charge in [0.15, 0.2) is 17.3 Å². The fourth-order valence-electron chi connectivity index (χ4n) is 5.20. The molecule has 0 saturated carbocycles. The third-order valence-electron chi connectivity index (χ3n) is 7.16. The van der Waals surface area contributed by atoms with Gasteiger partial charge in [0.1, 0.15) is 12.8 Å². The van der Waals surface area contributed by atoms with Gasteiger partial charge in [-0.2, -0.15) is 0 Å². The number of amides is 1. The Hall–Kier alpha value is -3.94. The molecule has 0 radical (unpaired) electrons. The number of rotatable bonds is 5. The highest BCUT2D eigenvalue weighted by atomic mass is 32.2. The minimum Gasteiger partial charge on any atom is -0.432 e. The third-order valence-corrected chi connectivity index (χ3v) is 8.30. The lowest BCUT2D eigenvalue weighted by atomic mass is 9.92. The van der Waals surface area contributed by atoms with Crippen LogP contribution >= 0.6 is 11.8 Å². The zero-order valence-electron chi connectivity index (χ0n) is 21.9. The van der Waals surface area contributed by atoms with E-state index in [0.717, 1.165) is 22.6 Å². The minimum atomic E-state index is -1.19. The van der Waals surface area contributed by atoms with Crippen molar-refractivity contribution in [2.45, 2.75) is 23.2 Å². The molecule has 3 aliphatic heterocycles. The molecule has 41 heavy (non-hydrogen) atoms. The van der Waals surface area contributed by atoms with E-state index in [1.54, 1.807) is 0 Å². The predicted molar refractivity (Wildman–Crippen MR) is 144 cm³/mol. The van der Waals surface area contributed by atoms with Gasteiger partial charge >= 0.3 is 6.16 Å². The molecule has 1 saturated heterocycles. The summed E-state index contributed by atoms with van der Waals surface area (Å²) in [5.41, 5.74) is 4.00. The second-order valence-corrected chi connectivity index (χ2v) is 10.6. The van der Waals surface area contributed by atoms with Gasteiger partial charge in [-0.15, -0.1) is 11.8 Å². The number of ether oxygens (including phenoxy) is 4. The Balaban J connectivity index is 1.54. The Kier molecular flexibility index (Phi) is 7.41. The van der Waals surface area contributed by atoms with Crippen LogP contribution in [-0.4, -0.2) is 67.9 Å². The van der Waals surface area contributed by atoms with Gasteiger partial charge in [0.05, 0.1) is 25.5 Å². The number of hydrogen-bond acceptors (Lipinski definition) is 9. The summed E-state index contributed by atoms with van der Waals surface area (Å²) < 4.78 is 52.2. The number of carbonyl (C=O) groups excluding carboxylic acids is 2. The molecule has 13 heteroatoms. The lowest BCUT2D eigenvalue weighted by Crippen LogP contribution is -2.59. The van der Waals surface area contributed by atoms with Gasteiger partial charge < -0.3 is 29.3 Å². The van der Waals surface area contributed by atoms with E-state index in [0.29, 0.717) is 5.56 Å². The Morgan fingerprint density at radius 1 is 1.17 bits per heavy atom. The van der Waals surface area contributed by atoms with Gasteiger partial charge in [0.25, 0.3) is 5.91 Å². The molecule has 10 nitrogen and oxygen atoms in total. The molecule has 2 aromatic carbocycles. The summed E-state index contributed by atoms with van der Waals surface area (Å²) in [5.74, 6) is -3.01. The van der Waals surface area contributed by atoms with Crippen molar-refractivity contribution in [1.82, 2.24) is 9.58 Å². The van der Waals surface area contributed by atoms with Crippen LogP contribution in [0.2, 0.25) is 0 Å². The molecule has 0 spiro atoms. The van der Waals surface area contributed by atoms with E-state index in [1.165, 1.54) is 28.4 Å². The maximum Gasteiger partial charge on any atom is 0.514 e. The van der Waals surface area contributed by atoms with E-state index >= 15 is 8.78 Å². The van der Waals surface area contributed by atoms with Crippen molar-refractivity contribution >= 4 is 23.8 Å². The van der Waals surface area contributed by atoms with Crippen molar-refractivity contribution in [2.75, 3.05) is 45.5 Å². The maximum atomic E-state index is 15.2. The molecule has 0 aliphatic carbocycles. The van der Waals surface area contributed by atoms with Gasteiger partial charge in [-0.3, -0.25) is 9.59 Å². The minimum absolute atomic E-state index is 0.101. The van der Waals surface area contributed by atoms with Crippen molar-refractivity contribution in [3.8, 4) is 17.0 Å². The van der Waals surface area contributed by atoms with E-state index in [1.807, 2.05) is 24.3 Å². The quantitative estimate of drug-likeness (QED) is 0.356. The summed E-state index contributed by atoms with van der Waals surface area (Å²) in [6, 6.07) is 9.74. The van der Waals surface area contributed by atoms with Crippen LogP contribution in [0.4, 0.5) is 13.6 Å². The molecule has 1 atom stereocenters. The number of hydrogen-bond donors (Lipinski definition) is 1. The number of nitrogens with zero attached hydrogens (tertiary/aromatic N) is 2. The second kappa shape index (κ2) is 11.1. The van der Waals surface area contributed by atoms with E-state index in [-0.39, 0.29) is 67.7 Å². The summed E-state index contributed by atoms with van der Waals surface area (Å²) in [6.45, 7) is 0.614. The predicted octanol–water partition coefficient (Wildman–Crippen LogP) is 3.51. The number of thioether (sulfide) groups is 1. The molecule has 1 fully saturated rings. The number of aromatic nitrogens is 1. The Bertz CT molecular complexity index is 1610. The van der Waals surface area contributed by atoms with Gasteiger partial charge in [0.2, 0.25) is 11.2 Å². The number of pyridine rings is 1. The number of halogens is 2. The number of fused-ring (bicyclic) bond motifs is 4. The number of nitrogens with one attached hydrogen (secondary N) is 1.